The minimum absolute atomic E-state index is 0.0685. The lowest BCUT2D eigenvalue weighted by molar-refractivity contribution is -0.0485. The lowest BCUT2D eigenvalue weighted by Crippen LogP contribution is -2.12. The third kappa shape index (κ3) is 4.83. The number of allylic oxidation sites excluding steroid dienone is 1. The third-order valence-corrected chi connectivity index (χ3v) is 4.02. The number of alkyl halides is 1. The van der Waals surface area contributed by atoms with Crippen LogP contribution in [0.2, 0.25) is 0 Å². The molecule has 1 heterocycles. The fourth-order valence-corrected chi connectivity index (χ4v) is 3.07. The van der Waals surface area contributed by atoms with Gasteiger partial charge in [-0.2, -0.15) is 0 Å². The van der Waals surface area contributed by atoms with Gasteiger partial charge in [-0.15, -0.1) is 6.58 Å². The van der Waals surface area contributed by atoms with Crippen molar-refractivity contribution in [1.82, 2.24) is 0 Å². The van der Waals surface area contributed by atoms with E-state index in [2.05, 4.69) is 42.2 Å². The number of halogens is 1. The molecule has 2 nitrogen and oxygen atoms in total. The van der Waals surface area contributed by atoms with Gasteiger partial charge in [0.25, 0.3) is 0 Å². The van der Waals surface area contributed by atoms with Gasteiger partial charge in [0.1, 0.15) is 0 Å². The van der Waals surface area contributed by atoms with Crippen molar-refractivity contribution in [3.63, 3.8) is 0 Å². The van der Waals surface area contributed by atoms with Crippen molar-refractivity contribution in [1.29, 1.82) is 0 Å². The van der Waals surface area contributed by atoms with E-state index in [1.54, 1.807) is 0 Å². The van der Waals surface area contributed by atoms with Crippen LogP contribution in [-0.4, -0.2) is 23.9 Å². The van der Waals surface area contributed by atoms with Crippen LogP contribution < -0.4 is 0 Å². The minimum Gasteiger partial charge on any atom is -0.350 e. The molecule has 0 aliphatic carbocycles. The van der Waals surface area contributed by atoms with Crippen LogP contribution in [0.25, 0.3) is 0 Å². The second-order valence-corrected chi connectivity index (χ2v) is 5.01. The van der Waals surface area contributed by atoms with Gasteiger partial charge in [0.15, 0.2) is 6.29 Å². The molecule has 0 spiro atoms. The lowest BCUT2D eigenvalue weighted by atomic mass is 9.91. The summed E-state index contributed by atoms with van der Waals surface area (Å²) in [5.74, 6) is 1.37. The van der Waals surface area contributed by atoms with Gasteiger partial charge in [0.2, 0.25) is 0 Å². The Morgan fingerprint density at radius 1 is 1.47 bits per heavy atom. The van der Waals surface area contributed by atoms with E-state index in [1.165, 1.54) is 17.3 Å². The van der Waals surface area contributed by atoms with Gasteiger partial charge < -0.3 is 9.47 Å². The first-order valence-electron chi connectivity index (χ1n) is 5.69. The van der Waals surface area contributed by atoms with E-state index in [1.807, 2.05) is 0 Å². The maximum absolute atomic E-state index is 5.40. The van der Waals surface area contributed by atoms with Gasteiger partial charge in [-0.05, 0) is 31.1 Å². The van der Waals surface area contributed by atoms with Gasteiger partial charge >= 0.3 is 0 Å². The van der Waals surface area contributed by atoms with Crippen molar-refractivity contribution in [2.24, 2.45) is 11.8 Å². The molecule has 0 aromatic carbocycles. The first-order chi connectivity index (χ1) is 7.27. The molecule has 0 aromatic heterocycles. The van der Waals surface area contributed by atoms with Gasteiger partial charge in [0, 0.05) is 4.43 Å². The quantitative estimate of drug-likeness (QED) is 0.406. The average molecular weight is 324 g/mol. The largest absolute Gasteiger partial charge is 0.350 e. The highest BCUT2D eigenvalue weighted by Gasteiger charge is 2.17. The van der Waals surface area contributed by atoms with Gasteiger partial charge in [0.05, 0.1) is 13.2 Å². The summed E-state index contributed by atoms with van der Waals surface area (Å²) in [5, 5.41) is 0. The summed E-state index contributed by atoms with van der Waals surface area (Å²) in [6, 6.07) is 0. The molecule has 0 amide bonds. The molecule has 0 radical (unpaired) electrons. The van der Waals surface area contributed by atoms with Gasteiger partial charge in [-0.25, -0.2) is 0 Å². The number of hydrogen-bond acceptors (Lipinski definition) is 2. The highest BCUT2D eigenvalue weighted by Crippen LogP contribution is 2.22. The Morgan fingerprint density at radius 3 is 2.67 bits per heavy atom. The molecule has 0 saturated carbocycles. The summed E-state index contributed by atoms with van der Waals surface area (Å²) < 4.78 is 12.0. The Hall–Kier alpha value is 0.390. The predicted octanol–water partition coefficient (Wildman–Crippen LogP) is 3.40. The Balaban J connectivity index is 2.09. The Morgan fingerprint density at radius 2 is 2.13 bits per heavy atom. The summed E-state index contributed by atoms with van der Waals surface area (Å²) in [6.07, 6.45) is 5.61. The Kier molecular flexibility index (Phi) is 6.84. The van der Waals surface area contributed by atoms with Crippen molar-refractivity contribution in [3.8, 4) is 0 Å². The molecular weight excluding hydrogens is 303 g/mol. The maximum atomic E-state index is 5.40. The fourth-order valence-electron chi connectivity index (χ4n) is 1.84. The molecule has 1 saturated heterocycles. The molecule has 88 valence electrons. The second kappa shape index (κ2) is 7.63. The standard InChI is InChI=1S/C12H21IO2/c1-3-11(9-13)10(2)5-4-6-12-14-7-8-15-12/h3,10-12H,1,4-9H2,2H3/t10-,11-/m1/s1. The predicted molar refractivity (Wildman–Crippen MR) is 71.3 cm³/mol. The smallest absolute Gasteiger partial charge is 0.157 e. The van der Waals surface area contributed by atoms with E-state index in [9.17, 15) is 0 Å². The monoisotopic (exact) mass is 324 g/mol. The van der Waals surface area contributed by atoms with Gasteiger partial charge in [-0.3, -0.25) is 0 Å². The number of ether oxygens (including phenoxy) is 2. The molecule has 2 atom stereocenters. The van der Waals surface area contributed by atoms with E-state index in [0.29, 0.717) is 5.92 Å². The highest BCUT2D eigenvalue weighted by atomic mass is 127. The first-order valence-corrected chi connectivity index (χ1v) is 7.22. The van der Waals surface area contributed by atoms with E-state index < -0.39 is 0 Å². The zero-order chi connectivity index (χ0) is 11.1. The van der Waals surface area contributed by atoms with Crippen LogP contribution in [0.4, 0.5) is 0 Å². The normalized spacial score (nSPS) is 21.5. The maximum Gasteiger partial charge on any atom is 0.157 e. The molecule has 1 aliphatic rings. The van der Waals surface area contributed by atoms with E-state index in [0.717, 1.165) is 25.6 Å². The molecule has 15 heavy (non-hydrogen) atoms. The summed E-state index contributed by atoms with van der Waals surface area (Å²) >= 11 is 2.43. The second-order valence-electron chi connectivity index (χ2n) is 4.13. The van der Waals surface area contributed by atoms with Crippen molar-refractivity contribution < 1.29 is 9.47 Å². The summed E-state index contributed by atoms with van der Waals surface area (Å²) in [7, 11) is 0. The molecule has 1 aliphatic heterocycles. The molecule has 1 rings (SSSR count). The zero-order valence-corrected chi connectivity index (χ0v) is 11.6. The fraction of sp³-hybridized carbons (Fsp3) is 0.833. The van der Waals surface area contributed by atoms with Crippen LogP contribution in [0.1, 0.15) is 26.2 Å². The molecule has 0 N–H and O–H groups in total. The molecule has 0 unspecified atom stereocenters. The van der Waals surface area contributed by atoms with E-state index in [4.69, 9.17) is 9.47 Å². The van der Waals surface area contributed by atoms with Crippen LogP contribution in [-0.2, 0) is 9.47 Å². The number of hydrogen-bond donors (Lipinski definition) is 0. The van der Waals surface area contributed by atoms with E-state index >= 15 is 0 Å². The lowest BCUT2D eigenvalue weighted by Gasteiger charge is -2.18. The molecule has 0 bridgehead atoms. The van der Waals surface area contributed by atoms with Crippen LogP contribution in [0.3, 0.4) is 0 Å². The zero-order valence-electron chi connectivity index (χ0n) is 9.45. The van der Waals surface area contributed by atoms with Crippen LogP contribution >= 0.6 is 22.6 Å². The summed E-state index contributed by atoms with van der Waals surface area (Å²) in [5.41, 5.74) is 0. The van der Waals surface area contributed by atoms with Crippen molar-refractivity contribution in [2.45, 2.75) is 32.5 Å². The summed E-state index contributed by atoms with van der Waals surface area (Å²) in [4.78, 5) is 0. The highest BCUT2D eigenvalue weighted by molar-refractivity contribution is 14.1. The van der Waals surface area contributed by atoms with Gasteiger partial charge in [-0.1, -0.05) is 35.6 Å². The molecule has 0 aromatic rings. The Bertz CT molecular complexity index is 178. The van der Waals surface area contributed by atoms with Crippen molar-refractivity contribution in [3.05, 3.63) is 12.7 Å². The molecular formula is C12H21IO2. The van der Waals surface area contributed by atoms with E-state index in [-0.39, 0.29) is 6.29 Å². The number of rotatable bonds is 7. The Labute approximate surface area is 107 Å². The third-order valence-electron chi connectivity index (χ3n) is 3.00. The van der Waals surface area contributed by atoms with Crippen molar-refractivity contribution >= 4 is 22.6 Å². The average Bonchev–Trinajstić information content (AvgIpc) is 2.72. The van der Waals surface area contributed by atoms with Crippen LogP contribution in [0.5, 0.6) is 0 Å². The summed E-state index contributed by atoms with van der Waals surface area (Å²) in [6.45, 7) is 7.73. The van der Waals surface area contributed by atoms with Crippen LogP contribution in [0.15, 0.2) is 12.7 Å². The topological polar surface area (TPSA) is 18.5 Å². The molecule has 1 fully saturated rings. The SMILES string of the molecule is C=C[C@H](CI)[C@H](C)CCCC1OCCO1. The van der Waals surface area contributed by atoms with Crippen molar-refractivity contribution in [2.75, 3.05) is 17.6 Å². The first kappa shape index (κ1) is 13.5. The molecule has 3 heteroatoms. The van der Waals surface area contributed by atoms with Crippen LogP contribution in [0, 0.1) is 11.8 Å². The minimum atomic E-state index is 0.0685.